The SMILES string of the molecule is CCCCCCCCCCCCCCCCCCCCCCCCCC(=O)O[C@H](COCCCCCCCCCCCCCCCCCCCC)COP(=O)(O)OC[C@H](N)C(=O)O. The number of carboxylic acids is 1. The Morgan fingerprint density at radius 2 is 0.730 bits per heavy atom. The van der Waals surface area contributed by atoms with Crippen molar-refractivity contribution in [2.45, 2.75) is 296 Å². The van der Waals surface area contributed by atoms with Gasteiger partial charge in [0, 0.05) is 13.0 Å². The molecule has 4 N–H and O–H groups in total. The summed E-state index contributed by atoms with van der Waals surface area (Å²) < 4.78 is 33.6. The Balaban J connectivity index is 4.04. The standard InChI is InChI=1S/C52H104NO9P/c1-3-5-7-9-11-13-15-17-19-21-23-24-25-26-27-28-30-32-34-36-38-40-42-44-51(54)62-49(47-60-63(57,58)61-48-50(53)52(55)56)46-59-45-43-41-39-37-35-33-31-29-22-20-18-16-14-12-10-8-6-4-2/h49-50H,3-48,53H2,1-2H3,(H,55,56)(H,57,58)/t49-,50+/m1/s1. The van der Waals surface area contributed by atoms with Crippen LogP contribution in [0.25, 0.3) is 0 Å². The molecule has 0 radical (unpaired) electrons. The molecule has 3 atom stereocenters. The fraction of sp³-hybridized carbons (Fsp3) is 0.962. The molecule has 0 bridgehead atoms. The topological polar surface area (TPSA) is 155 Å². The highest BCUT2D eigenvalue weighted by molar-refractivity contribution is 7.47. The largest absolute Gasteiger partial charge is 0.480 e. The summed E-state index contributed by atoms with van der Waals surface area (Å²) in [4.78, 5) is 33.7. The molecule has 0 aliphatic rings. The van der Waals surface area contributed by atoms with E-state index >= 15 is 0 Å². The van der Waals surface area contributed by atoms with E-state index in [4.69, 9.17) is 29.4 Å². The predicted octanol–water partition coefficient (Wildman–Crippen LogP) is 15.9. The number of unbranched alkanes of at least 4 members (excludes halogenated alkanes) is 39. The van der Waals surface area contributed by atoms with Crippen LogP contribution in [0.3, 0.4) is 0 Å². The smallest absolute Gasteiger partial charge is 0.472 e. The molecule has 0 saturated heterocycles. The fourth-order valence-electron chi connectivity index (χ4n) is 8.20. The van der Waals surface area contributed by atoms with Crippen LogP contribution >= 0.6 is 7.82 Å². The number of esters is 1. The Kier molecular flexibility index (Phi) is 48.1. The fourth-order valence-corrected chi connectivity index (χ4v) is 8.97. The van der Waals surface area contributed by atoms with Crippen molar-refractivity contribution in [3.05, 3.63) is 0 Å². The maximum atomic E-state index is 12.7. The van der Waals surface area contributed by atoms with E-state index in [1.807, 2.05) is 0 Å². The molecule has 0 aromatic rings. The maximum Gasteiger partial charge on any atom is 0.472 e. The van der Waals surface area contributed by atoms with Crippen LogP contribution < -0.4 is 5.73 Å². The van der Waals surface area contributed by atoms with E-state index in [-0.39, 0.29) is 13.0 Å². The number of hydrogen-bond donors (Lipinski definition) is 3. The summed E-state index contributed by atoms with van der Waals surface area (Å²) in [6.45, 7) is 3.97. The Labute approximate surface area is 389 Å². The highest BCUT2D eigenvalue weighted by Crippen LogP contribution is 2.43. The van der Waals surface area contributed by atoms with Crippen molar-refractivity contribution in [1.29, 1.82) is 0 Å². The van der Waals surface area contributed by atoms with Gasteiger partial charge in [0.2, 0.25) is 0 Å². The molecule has 63 heavy (non-hydrogen) atoms. The number of rotatable bonds is 53. The Bertz CT molecular complexity index is 1020. The number of carbonyl (C=O) groups is 2. The number of aliphatic carboxylic acids is 1. The molecule has 0 spiro atoms. The zero-order valence-electron chi connectivity index (χ0n) is 41.5. The monoisotopic (exact) mass is 918 g/mol. The zero-order valence-corrected chi connectivity index (χ0v) is 42.4. The van der Waals surface area contributed by atoms with Gasteiger partial charge >= 0.3 is 19.8 Å². The van der Waals surface area contributed by atoms with Crippen molar-refractivity contribution in [2.24, 2.45) is 5.73 Å². The highest BCUT2D eigenvalue weighted by Gasteiger charge is 2.27. The summed E-state index contributed by atoms with van der Waals surface area (Å²) in [6, 6.07) is -1.47. The second kappa shape index (κ2) is 48.9. The molecule has 0 fully saturated rings. The normalized spacial score (nSPS) is 13.6. The molecule has 0 amide bonds. The lowest BCUT2D eigenvalue weighted by molar-refractivity contribution is -0.154. The van der Waals surface area contributed by atoms with Gasteiger partial charge in [0.05, 0.1) is 19.8 Å². The lowest BCUT2D eigenvalue weighted by atomic mass is 10.0. The molecule has 0 aromatic heterocycles. The third-order valence-electron chi connectivity index (χ3n) is 12.4. The molecule has 0 heterocycles. The minimum atomic E-state index is -4.61. The van der Waals surface area contributed by atoms with Crippen LogP contribution in [-0.2, 0) is 32.7 Å². The van der Waals surface area contributed by atoms with Gasteiger partial charge in [0.1, 0.15) is 12.1 Å². The van der Waals surface area contributed by atoms with E-state index in [0.29, 0.717) is 6.61 Å². The van der Waals surface area contributed by atoms with Gasteiger partial charge in [0.15, 0.2) is 0 Å². The summed E-state index contributed by atoms with van der Waals surface area (Å²) in [7, 11) is -4.61. The van der Waals surface area contributed by atoms with Crippen LogP contribution in [-0.4, -0.2) is 60.5 Å². The molecular formula is C52H104NO9P. The first-order valence-electron chi connectivity index (χ1n) is 27.1. The molecule has 376 valence electrons. The third kappa shape index (κ3) is 48.7. The van der Waals surface area contributed by atoms with Gasteiger partial charge in [-0.1, -0.05) is 264 Å². The van der Waals surface area contributed by atoms with Gasteiger partial charge in [-0.05, 0) is 12.8 Å². The quantitative estimate of drug-likeness (QED) is 0.0305. The van der Waals surface area contributed by atoms with Crippen molar-refractivity contribution < 1.29 is 42.7 Å². The number of carbonyl (C=O) groups excluding carboxylic acids is 1. The van der Waals surface area contributed by atoms with Crippen LogP contribution in [0, 0.1) is 0 Å². The first kappa shape index (κ1) is 62.0. The van der Waals surface area contributed by atoms with E-state index in [0.717, 1.165) is 38.5 Å². The lowest BCUT2D eigenvalue weighted by Gasteiger charge is -2.20. The predicted molar refractivity (Wildman–Crippen MR) is 263 cm³/mol. The minimum absolute atomic E-state index is 0.0265. The summed E-state index contributed by atoms with van der Waals surface area (Å²) in [5, 5.41) is 8.93. The van der Waals surface area contributed by atoms with Crippen LogP contribution in [0.2, 0.25) is 0 Å². The van der Waals surface area contributed by atoms with E-state index in [2.05, 4.69) is 13.8 Å². The molecule has 1 unspecified atom stereocenters. The molecule has 0 aromatic carbocycles. The van der Waals surface area contributed by atoms with Gasteiger partial charge in [-0.25, -0.2) is 4.57 Å². The number of ether oxygens (including phenoxy) is 2. The molecule has 0 rings (SSSR count). The zero-order chi connectivity index (χ0) is 46.2. The number of phosphoric ester groups is 1. The average molecular weight is 918 g/mol. The Morgan fingerprint density at radius 3 is 1.05 bits per heavy atom. The van der Waals surface area contributed by atoms with E-state index in [9.17, 15) is 19.0 Å². The van der Waals surface area contributed by atoms with Gasteiger partial charge in [-0.15, -0.1) is 0 Å². The maximum absolute atomic E-state index is 12.7. The summed E-state index contributed by atoms with van der Waals surface area (Å²) in [5.41, 5.74) is 5.38. The van der Waals surface area contributed by atoms with Gasteiger partial charge < -0.3 is 25.2 Å². The molecule has 0 aliphatic carbocycles. The molecule has 10 nitrogen and oxygen atoms in total. The average Bonchev–Trinajstić information content (AvgIpc) is 3.26. The van der Waals surface area contributed by atoms with Crippen LogP contribution in [0.15, 0.2) is 0 Å². The highest BCUT2D eigenvalue weighted by atomic mass is 31.2. The van der Waals surface area contributed by atoms with E-state index in [1.165, 1.54) is 225 Å². The van der Waals surface area contributed by atoms with Gasteiger partial charge in [0.25, 0.3) is 0 Å². The van der Waals surface area contributed by atoms with E-state index in [1.54, 1.807) is 0 Å². The van der Waals surface area contributed by atoms with Crippen molar-refractivity contribution >= 4 is 19.8 Å². The van der Waals surface area contributed by atoms with Gasteiger partial charge in [-0.3, -0.25) is 18.6 Å². The first-order valence-corrected chi connectivity index (χ1v) is 28.6. The van der Waals surface area contributed by atoms with Crippen LogP contribution in [0.1, 0.15) is 284 Å². The minimum Gasteiger partial charge on any atom is -0.480 e. The summed E-state index contributed by atoms with van der Waals surface area (Å²) in [5.74, 6) is -1.76. The number of phosphoric acid groups is 1. The molecule has 0 saturated carbocycles. The second-order valence-corrected chi connectivity index (χ2v) is 20.2. The number of hydrogen-bond acceptors (Lipinski definition) is 8. The second-order valence-electron chi connectivity index (χ2n) is 18.7. The van der Waals surface area contributed by atoms with Gasteiger partial charge in [-0.2, -0.15) is 0 Å². The van der Waals surface area contributed by atoms with Crippen LogP contribution in [0.4, 0.5) is 0 Å². The first-order chi connectivity index (χ1) is 30.7. The number of carboxylic acid groups (broad SMARTS) is 1. The molecule has 11 heteroatoms. The number of nitrogens with two attached hydrogens (primary N) is 1. The molecular weight excluding hydrogens is 814 g/mol. The van der Waals surface area contributed by atoms with Crippen molar-refractivity contribution in [3.8, 4) is 0 Å². The van der Waals surface area contributed by atoms with Crippen molar-refractivity contribution in [3.63, 3.8) is 0 Å². The lowest BCUT2D eigenvalue weighted by Crippen LogP contribution is -2.34. The van der Waals surface area contributed by atoms with Crippen molar-refractivity contribution in [1.82, 2.24) is 0 Å². The Morgan fingerprint density at radius 1 is 0.444 bits per heavy atom. The Hall–Kier alpha value is -1.03. The molecule has 0 aliphatic heterocycles. The third-order valence-corrected chi connectivity index (χ3v) is 13.3. The summed E-state index contributed by atoms with van der Waals surface area (Å²) in [6.07, 6.45) is 53.1. The van der Waals surface area contributed by atoms with Crippen molar-refractivity contribution in [2.75, 3.05) is 26.4 Å². The summed E-state index contributed by atoms with van der Waals surface area (Å²) >= 11 is 0. The van der Waals surface area contributed by atoms with E-state index < -0.39 is 45.1 Å². The van der Waals surface area contributed by atoms with Crippen LogP contribution in [0.5, 0.6) is 0 Å².